The fourth-order valence-corrected chi connectivity index (χ4v) is 5.73. The van der Waals surface area contributed by atoms with Gasteiger partial charge in [0, 0.05) is 49.2 Å². The fraction of sp³-hybridized carbons (Fsp3) is 0.417. The monoisotopic (exact) mass is 344 g/mol. The van der Waals surface area contributed by atoms with Crippen molar-refractivity contribution in [1.29, 1.82) is 0 Å². The number of hydrogen-bond acceptors (Lipinski definition) is 7. The predicted molar refractivity (Wildman–Crippen MR) is 85.3 cm³/mol. The summed E-state index contributed by atoms with van der Waals surface area (Å²) in [4.78, 5) is 7.27. The minimum Gasteiger partial charge on any atom is -0.345 e. The third-order valence-electron chi connectivity index (χ3n) is 3.36. The number of nitrogens with zero attached hydrogens (tertiary/aromatic N) is 3. The van der Waals surface area contributed by atoms with Crippen LogP contribution in [-0.2, 0) is 16.6 Å². The standard InChI is InChI=1S/C12H16N4O2S3/c13-9-10-1-2-11(20-10)21(17,18)16-6-4-15(5-7-16)12-14-3-8-19-12/h1-3,8H,4-7,9,13H2. The summed E-state index contributed by atoms with van der Waals surface area (Å²) in [6.45, 7) is 2.68. The van der Waals surface area contributed by atoms with Gasteiger partial charge in [-0.25, -0.2) is 13.4 Å². The summed E-state index contributed by atoms with van der Waals surface area (Å²) in [5, 5.41) is 2.88. The summed E-state index contributed by atoms with van der Waals surface area (Å²) in [7, 11) is -3.39. The Morgan fingerprint density at radius 2 is 2.00 bits per heavy atom. The molecule has 1 fully saturated rings. The molecule has 9 heteroatoms. The van der Waals surface area contributed by atoms with E-state index in [9.17, 15) is 8.42 Å². The van der Waals surface area contributed by atoms with Crippen LogP contribution in [0.4, 0.5) is 5.13 Å². The number of thiophene rings is 1. The van der Waals surface area contributed by atoms with Crippen molar-refractivity contribution < 1.29 is 8.42 Å². The van der Waals surface area contributed by atoms with E-state index in [0.29, 0.717) is 36.9 Å². The molecule has 0 saturated carbocycles. The summed E-state index contributed by atoms with van der Waals surface area (Å²) >= 11 is 2.83. The van der Waals surface area contributed by atoms with Gasteiger partial charge in [0.1, 0.15) is 4.21 Å². The number of anilines is 1. The van der Waals surface area contributed by atoms with Crippen molar-refractivity contribution in [3.05, 3.63) is 28.6 Å². The highest BCUT2D eigenvalue weighted by atomic mass is 32.2. The second-order valence-electron chi connectivity index (χ2n) is 4.63. The Labute approximate surface area is 131 Å². The molecule has 1 saturated heterocycles. The van der Waals surface area contributed by atoms with E-state index in [1.54, 1.807) is 34.0 Å². The molecule has 0 atom stereocenters. The summed E-state index contributed by atoms with van der Waals surface area (Å²) in [6, 6.07) is 3.43. The third-order valence-corrected chi connectivity index (χ3v) is 7.67. The van der Waals surface area contributed by atoms with Gasteiger partial charge in [0.25, 0.3) is 10.0 Å². The largest absolute Gasteiger partial charge is 0.345 e. The fourth-order valence-electron chi connectivity index (χ4n) is 2.23. The van der Waals surface area contributed by atoms with Crippen LogP contribution in [-0.4, -0.2) is 43.9 Å². The molecule has 1 aliphatic heterocycles. The second kappa shape index (κ2) is 6.01. The van der Waals surface area contributed by atoms with Gasteiger partial charge in [-0.2, -0.15) is 4.31 Å². The van der Waals surface area contributed by atoms with Crippen LogP contribution in [0.2, 0.25) is 0 Å². The Bertz CT molecular complexity index is 688. The quantitative estimate of drug-likeness (QED) is 0.901. The molecule has 21 heavy (non-hydrogen) atoms. The van der Waals surface area contributed by atoms with E-state index >= 15 is 0 Å². The minimum absolute atomic E-state index is 0.373. The normalized spacial score (nSPS) is 17.3. The molecule has 114 valence electrons. The lowest BCUT2D eigenvalue weighted by molar-refractivity contribution is 0.385. The second-order valence-corrected chi connectivity index (χ2v) is 8.84. The van der Waals surface area contributed by atoms with Gasteiger partial charge < -0.3 is 10.6 Å². The molecule has 2 aromatic rings. The van der Waals surface area contributed by atoms with E-state index in [0.717, 1.165) is 10.0 Å². The molecule has 0 unspecified atom stereocenters. The molecule has 0 radical (unpaired) electrons. The van der Waals surface area contributed by atoms with Gasteiger partial charge in [0.05, 0.1) is 0 Å². The predicted octanol–water partition coefficient (Wildman–Crippen LogP) is 1.17. The highest BCUT2D eigenvalue weighted by Crippen LogP contribution is 2.26. The van der Waals surface area contributed by atoms with Crippen molar-refractivity contribution in [3.8, 4) is 0 Å². The van der Waals surface area contributed by atoms with Crippen molar-refractivity contribution in [1.82, 2.24) is 9.29 Å². The first-order valence-corrected chi connectivity index (χ1v) is 9.68. The van der Waals surface area contributed by atoms with E-state index in [-0.39, 0.29) is 0 Å². The van der Waals surface area contributed by atoms with E-state index in [1.807, 2.05) is 5.38 Å². The zero-order chi connectivity index (χ0) is 14.9. The first-order valence-electron chi connectivity index (χ1n) is 6.54. The molecular weight excluding hydrogens is 328 g/mol. The van der Waals surface area contributed by atoms with Gasteiger partial charge in [-0.3, -0.25) is 0 Å². The molecular formula is C12H16N4O2S3. The molecule has 3 heterocycles. The van der Waals surface area contributed by atoms with Gasteiger partial charge in [-0.1, -0.05) is 0 Å². The number of hydrogen-bond donors (Lipinski definition) is 1. The van der Waals surface area contributed by atoms with Crippen molar-refractivity contribution in [2.45, 2.75) is 10.8 Å². The van der Waals surface area contributed by atoms with Crippen molar-refractivity contribution >= 4 is 37.8 Å². The Morgan fingerprint density at radius 1 is 1.24 bits per heavy atom. The van der Waals surface area contributed by atoms with Crippen molar-refractivity contribution in [2.24, 2.45) is 5.73 Å². The molecule has 0 amide bonds. The summed E-state index contributed by atoms with van der Waals surface area (Å²) in [5.74, 6) is 0. The maximum absolute atomic E-state index is 12.6. The Kier molecular flexibility index (Phi) is 4.27. The van der Waals surface area contributed by atoms with Crippen LogP contribution in [0.5, 0.6) is 0 Å². The van der Waals surface area contributed by atoms with Crippen LogP contribution in [0.15, 0.2) is 27.9 Å². The van der Waals surface area contributed by atoms with Crippen LogP contribution in [0.25, 0.3) is 0 Å². The lowest BCUT2D eigenvalue weighted by atomic mass is 10.4. The Hall–Kier alpha value is -1.00. The molecule has 1 aliphatic rings. The number of piperazine rings is 1. The van der Waals surface area contributed by atoms with E-state index < -0.39 is 10.0 Å². The number of nitrogens with two attached hydrogens (primary N) is 1. The number of aromatic nitrogens is 1. The first-order chi connectivity index (χ1) is 10.1. The van der Waals surface area contributed by atoms with Gasteiger partial charge in [0.2, 0.25) is 0 Å². The molecule has 0 aromatic carbocycles. The van der Waals surface area contributed by atoms with Gasteiger partial charge in [0.15, 0.2) is 5.13 Å². The number of sulfonamides is 1. The SMILES string of the molecule is NCc1ccc(S(=O)(=O)N2CCN(c3nccs3)CC2)s1. The average Bonchev–Trinajstić information content (AvgIpc) is 3.19. The first kappa shape index (κ1) is 14.9. The molecule has 0 bridgehead atoms. The molecule has 3 rings (SSSR count). The van der Waals surface area contributed by atoms with E-state index in [4.69, 9.17) is 5.73 Å². The molecule has 2 N–H and O–H groups in total. The number of rotatable bonds is 4. The van der Waals surface area contributed by atoms with Gasteiger partial charge >= 0.3 is 0 Å². The lowest BCUT2D eigenvalue weighted by Gasteiger charge is -2.33. The Balaban J connectivity index is 1.71. The zero-order valence-corrected chi connectivity index (χ0v) is 13.8. The summed E-state index contributed by atoms with van der Waals surface area (Å²) in [6.07, 6.45) is 1.77. The van der Waals surface area contributed by atoms with Crippen LogP contribution in [0.3, 0.4) is 0 Å². The molecule has 0 aliphatic carbocycles. The van der Waals surface area contributed by atoms with Crippen LogP contribution < -0.4 is 10.6 Å². The number of thiazole rings is 1. The zero-order valence-electron chi connectivity index (χ0n) is 11.3. The highest BCUT2D eigenvalue weighted by Gasteiger charge is 2.30. The highest BCUT2D eigenvalue weighted by molar-refractivity contribution is 7.91. The van der Waals surface area contributed by atoms with E-state index in [1.165, 1.54) is 11.3 Å². The minimum atomic E-state index is -3.39. The van der Waals surface area contributed by atoms with E-state index in [2.05, 4.69) is 9.88 Å². The third kappa shape index (κ3) is 2.97. The maximum atomic E-state index is 12.6. The lowest BCUT2D eigenvalue weighted by Crippen LogP contribution is -2.48. The van der Waals surface area contributed by atoms with Crippen LogP contribution in [0, 0.1) is 0 Å². The Morgan fingerprint density at radius 3 is 2.57 bits per heavy atom. The van der Waals surface area contributed by atoms with Crippen molar-refractivity contribution in [2.75, 3.05) is 31.1 Å². The topological polar surface area (TPSA) is 79.5 Å². The van der Waals surface area contributed by atoms with Crippen LogP contribution >= 0.6 is 22.7 Å². The summed E-state index contributed by atoms with van der Waals surface area (Å²) in [5.41, 5.74) is 5.55. The smallest absolute Gasteiger partial charge is 0.252 e. The van der Waals surface area contributed by atoms with Gasteiger partial charge in [-0.05, 0) is 12.1 Å². The molecule has 0 spiro atoms. The van der Waals surface area contributed by atoms with Gasteiger partial charge in [-0.15, -0.1) is 22.7 Å². The maximum Gasteiger partial charge on any atom is 0.252 e. The van der Waals surface area contributed by atoms with Crippen LogP contribution in [0.1, 0.15) is 4.88 Å². The average molecular weight is 344 g/mol. The molecule has 2 aromatic heterocycles. The summed E-state index contributed by atoms with van der Waals surface area (Å²) < 4.78 is 27.1. The molecule has 6 nitrogen and oxygen atoms in total. The van der Waals surface area contributed by atoms with Crippen molar-refractivity contribution in [3.63, 3.8) is 0 Å².